The largest absolute Gasteiger partial charge is 0.508 e. The van der Waals surface area contributed by atoms with Crippen LogP contribution in [0.2, 0.25) is 0 Å². The van der Waals surface area contributed by atoms with E-state index in [1.54, 1.807) is 0 Å². The first-order chi connectivity index (χ1) is 16.8. The van der Waals surface area contributed by atoms with Crippen LogP contribution in [0.5, 0.6) is 5.75 Å². The molecule has 35 heavy (non-hydrogen) atoms. The smallest absolute Gasteiger partial charge is 0.303 e. The summed E-state index contributed by atoms with van der Waals surface area (Å²) in [6.45, 7) is 2.25. The van der Waals surface area contributed by atoms with Crippen LogP contribution in [0.3, 0.4) is 0 Å². The molecule has 0 bridgehead atoms. The molecule has 3 aliphatic carbocycles. The van der Waals surface area contributed by atoms with E-state index in [2.05, 4.69) is 18.9 Å². The Kier molecular flexibility index (Phi) is 8.16. The first kappa shape index (κ1) is 26.1. The number of phenols is 1. The lowest BCUT2D eigenvalue weighted by Crippen LogP contribution is -2.52. The second-order valence-corrected chi connectivity index (χ2v) is 11.9. The van der Waals surface area contributed by atoms with Gasteiger partial charge in [0.15, 0.2) is 0 Å². The molecule has 0 radical (unpaired) electrons. The molecular formula is C31H44O4. The molecule has 0 spiro atoms. The van der Waals surface area contributed by atoms with E-state index in [0.29, 0.717) is 35.8 Å². The number of benzene rings is 1. The molecule has 4 heteroatoms. The molecule has 1 aromatic carbocycles. The van der Waals surface area contributed by atoms with E-state index in [1.807, 2.05) is 12.1 Å². The summed E-state index contributed by atoms with van der Waals surface area (Å²) in [6, 6.07) is 5.99. The van der Waals surface area contributed by atoms with Gasteiger partial charge in [-0.25, -0.2) is 0 Å². The zero-order valence-corrected chi connectivity index (χ0v) is 21.5. The fourth-order valence-corrected chi connectivity index (χ4v) is 8.06. The molecule has 0 aromatic heterocycles. The van der Waals surface area contributed by atoms with E-state index >= 15 is 0 Å². The van der Waals surface area contributed by atoms with Crippen molar-refractivity contribution in [1.82, 2.24) is 0 Å². The summed E-state index contributed by atoms with van der Waals surface area (Å²) >= 11 is 0. The molecule has 192 valence electrons. The predicted molar refractivity (Wildman–Crippen MR) is 139 cm³/mol. The lowest BCUT2D eigenvalue weighted by Gasteiger charge is -2.54. The molecule has 2 fully saturated rings. The number of aromatic hydroxyl groups is 1. The standard InChI is InChI=1S/C31H44O4/c1-3-31(35)19-17-27-29-22(12-10-8-6-4-5-7-9-11-13-28(33)34)20-23-21-24(32)14-15-25(23)26(29)16-18-30(27,31)2/h1,14-15,21-22,26-27,29,32,35H,4-13,16-20H2,2H3,(H,33,34)/t22-,26-,27+,29-,30+,31+/m1/s1. The first-order valence-electron chi connectivity index (χ1n) is 14.0. The normalized spacial score (nSPS) is 33.4. The second kappa shape index (κ2) is 11.0. The minimum absolute atomic E-state index is 0.198. The van der Waals surface area contributed by atoms with Crippen LogP contribution in [0.25, 0.3) is 0 Å². The summed E-state index contributed by atoms with van der Waals surface area (Å²) in [6.07, 6.45) is 21.3. The third-order valence-corrected chi connectivity index (χ3v) is 9.99. The number of carboxylic acids is 1. The van der Waals surface area contributed by atoms with Crippen LogP contribution in [0.1, 0.15) is 114 Å². The second-order valence-electron chi connectivity index (χ2n) is 11.9. The summed E-state index contributed by atoms with van der Waals surface area (Å²) in [7, 11) is 0. The third kappa shape index (κ3) is 5.26. The summed E-state index contributed by atoms with van der Waals surface area (Å²) in [5, 5.41) is 30.2. The van der Waals surface area contributed by atoms with E-state index in [-0.39, 0.29) is 5.41 Å². The highest BCUT2D eigenvalue weighted by Gasteiger charge is 2.62. The first-order valence-corrected chi connectivity index (χ1v) is 14.0. The Hall–Kier alpha value is -1.99. The Balaban J connectivity index is 1.36. The number of hydrogen-bond donors (Lipinski definition) is 3. The van der Waals surface area contributed by atoms with Gasteiger partial charge in [0.25, 0.3) is 0 Å². The number of fused-ring (bicyclic) bond motifs is 5. The van der Waals surface area contributed by atoms with Crippen LogP contribution in [0.4, 0.5) is 0 Å². The molecule has 6 atom stereocenters. The van der Waals surface area contributed by atoms with Crippen molar-refractivity contribution >= 4 is 5.97 Å². The predicted octanol–water partition coefficient (Wildman–Crippen LogP) is 6.82. The molecule has 3 aliphatic rings. The number of phenolic OH excluding ortho intramolecular Hbond substituents is 1. The molecule has 0 amide bonds. The fraction of sp³-hybridized carbons (Fsp3) is 0.710. The minimum Gasteiger partial charge on any atom is -0.508 e. The van der Waals surface area contributed by atoms with Crippen molar-refractivity contribution in [2.24, 2.45) is 23.2 Å². The molecule has 0 saturated heterocycles. The van der Waals surface area contributed by atoms with Crippen molar-refractivity contribution in [2.75, 3.05) is 0 Å². The Bertz CT molecular complexity index is 932. The molecular weight excluding hydrogens is 436 g/mol. The number of hydrogen-bond acceptors (Lipinski definition) is 3. The van der Waals surface area contributed by atoms with Crippen LogP contribution in [0, 0.1) is 35.5 Å². The average molecular weight is 481 g/mol. The maximum absolute atomic E-state index is 11.3. The summed E-state index contributed by atoms with van der Waals surface area (Å²) < 4.78 is 0. The van der Waals surface area contributed by atoms with Crippen molar-refractivity contribution in [3.63, 3.8) is 0 Å². The van der Waals surface area contributed by atoms with E-state index in [0.717, 1.165) is 51.4 Å². The highest BCUT2D eigenvalue weighted by molar-refractivity contribution is 5.66. The van der Waals surface area contributed by atoms with Crippen molar-refractivity contribution in [3.8, 4) is 18.1 Å². The van der Waals surface area contributed by atoms with Gasteiger partial charge in [-0.3, -0.25) is 4.79 Å². The topological polar surface area (TPSA) is 77.8 Å². The van der Waals surface area contributed by atoms with Crippen LogP contribution in [-0.2, 0) is 11.2 Å². The van der Waals surface area contributed by atoms with Gasteiger partial charge in [0.05, 0.1) is 0 Å². The van der Waals surface area contributed by atoms with Crippen molar-refractivity contribution in [1.29, 1.82) is 0 Å². The van der Waals surface area contributed by atoms with Gasteiger partial charge in [-0.15, -0.1) is 6.42 Å². The molecule has 0 heterocycles. The number of rotatable bonds is 11. The Morgan fingerprint density at radius 2 is 1.74 bits per heavy atom. The number of aliphatic hydroxyl groups is 1. The number of unbranched alkanes of at least 4 members (excludes halogenated alkanes) is 7. The van der Waals surface area contributed by atoms with Crippen LogP contribution in [-0.4, -0.2) is 26.9 Å². The van der Waals surface area contributed by atoms with Gasteiger partial charge in [-0.2, -0.15) is 0 Å². The zero-order valence-electron chi connectivity index (χ0n) is 21.5. The summed E-state index contributed by atoms with van der Waals surface area (Å²) in [5.74, 6) is 4.58. The molecule has 4 rings (SSSR count). The molecule has 0 aliphatic heterocycles. The summed E-state index contributed by atoms with van der Waals surface area (Å²) in [4.78, 5) is 10.6. The quantitative estimate of drug-likeness (QED) is 0.240. The number of carbonyl (C=O) groups is 1. The zero-order chi connectivity index (χ0) is 25.1. The van der Waals surface area contributed by atoms with E-state index < -0.39 is 11.6 Å². The Morgan fingerprint density at radius 1 is 1.06 bits per heavy atom. The Morgan fingerprint density at radius 3 is 2.43 bits per heavy atom. The minimum atomic E-state index is -0.979. The molecule has 3 N–H and O–H groups in total. The highest BCUT2D eigenvalue weighted by Crippen LogP contribution is 2.65. The molecule has 4 nitrogen and oxygen atoms in total. The van der Waals surface area contributed by atoms with Gasteiger partial charge in [-0.05, 0) is 91.9 Å². The lowest BCUT2D eigenvalue weighted by molar-refractivity contribution is -0.137. The van der Waals surface area contributed by atoms with E-state index in [9.17, 15) is 15.0 Å². The SMILES string of the molecule is C#C[C@]1(O)CC[C@H]2[C@@H]3[C@H](CCCCCCCCCCC(=O)O)Cc4cc(O)ccc4[C@H]3CC[C@@]21C. The third-order valence-electron chi connectivity index (χ3n) is 9.99. The van der Waals surface area contributed by atoms with E-state index in [4.69, 9.17) is 11.5 Å². The number of terminal acetylenes is 1. The van der Waals surface area contributed by atoms with Gasteiger partial charge in [0.2, 0.25) is 0 Å². The van der Waals surface area contributed by atoms with Crippen LogP contribution >= 0.6 is 0 Å². The van der Waals surface area contributed by atoms with Gasteiger partial charge in [-0.1, -0.05) is 63.9 Å². The molecule has 1 aromatic rings. The maximum atomic E-state index is 11.3. The maximum Gasteiger partial charge on any atom is 0.303 e. The monoisotopic (exact) mass is 480 g/mol. The van der Waals surface area contributed by atoms with Gasteiger partial charge in [0.1, 0.15) is 11.4 Å². The van der Waals surface area contributed by atoms with Crippen LogP contribution in [0.15, 0.2) is 18.2 Å². The highest BCUT2D eigenvalue weighted by atomic mass is 16.4. The number of aliphatic carboxylic acids is 1. The molecule has 0 unspecified atom stereocenters. The van der Waals surface area contributed by atoms with Gasteiger partial charge in [0, 0.05) is 11.8 Å². The Labute approximate surface area is 211 Å². The van der Waals surface area contributed by atoms with Crippen molar-refractivity contribution in [2.45, 2.75) is 115 Å². The van der Waals surface area contributed by atoms with E-state index in [1.165, 1.54) is 49.7 Å². The van der Waals surface area contributed by atoms with Crippen molar-refractivity contribution < 1.29 is 20.1 Å². The number of carboxylic acid groups (broad SMARTS) is 1. The average Bonchev–Trinajstić information content (AvgIpc) is 3.10. The summed E-state index contributed by atoms with van der Waals surface area (Å²) in [5.41, 5.74) is 1.57. The lowest BCUT2D eigenvalue weighted by atomic mass is 9.50. The molecule has 2 saturated carbocycles. The van der Waals surface area contributed by atoms with Crippen LogP contribution < -0.4 is 0 Å². The van der Waals surface area contributed by atoms with Crippen molar-refractivity contribution in [3.05, 3.63) is 29.3 Å². The van der Waals surface area contributed by atoms with Gasteiger partial charge >= 0.3 is 5.97 Å². The fourth-order valence-electron chi connectivity index (χ4n) is 8.06. The van der Waals surface area contributed by atoms with Gasteiger partial charge < -0.3 is 15.3 Å².